The average Bonchev–Trinajstić information content (AvgIpc) is 3.59. The molecule has 0 aliphatic heterocycles. The molecule has 11 rings (SSSR count). The minimum atomic E-state index is 0.0454. The molecule has 0 fully saturated rings. The largest absolute Gasteiger partial charge is 0.309 e. The molecule has 8 aromatic carbocycles. The van der Waals surface area contributed by atoms with Crippen LogP contribution in [0, 0.1) is 0 Å². The van der Waals surface area contributed by atoms with Gasteiger partial charge in [-0.1, -0.05) is 161 Å². The molecule has 0 spiro atoms. The van der Waals surface area contributed by atoms with Crippen molar-refractivity contribution in [2.75, 3.05) is 0 Å². The zero-order valence-electron chi connectivity index (χ0n) is 32.7. The molecule has 0 saturated carbocycles. The first kappa shape index (κ1) is 33.7. The third-order valence-electron chi connectivity index (χ3n) is 12.7. The Labute approximate surface area is 332 Å². The smallest absolute Gasteiger partial charge is 0.164 e. The van der Waals surface area contributed by atoms with Gasteiger partial charge in [0.2, 0.25) is 0 Å². The molecule has 4 nitrogen and oxygen atoms in total. The van der Waals surface area contributed by atoms with E-state index in [-0.39, 0.29) is 10.8 Å². The number of fused-ring (bicyclic) bond motifs is 9. The highest BCUT2D eigenvalue weighted by atomic mass is 15.0. The Morgan fingerprint density at radius 1 is 0.439 bits per heavy atom. The summed E-state index contributed by atoms with van der Waals surface area (Å²) in [4.78, 5) is 15.7. The van der Waals surface area contributed by atoms with Crippen molar-refractivity contribution in [3.63, 3.8) is 0 Å². The van der Waals surface area contributed by atoms with Gasteiger partial charge in [0.05, 0.1) is 11.0 Å². The van der Waals surface area contributed by atoms with Gasteiger partial charge in [-0.15, -0.1) is 0 Å². The molecule has 274 valence electrons. The first-order valence-corrected chi connectivity index (χ1v) is 20.1. The van der Waals surface area contributed by atoms with Crippen LogP contribution in [-0.2, 0) is 10.8 Å². The second-order valence-corrected chi connectivity index (χ2v) is 17.1. The van der Waals surface area contributed by atoms with Gasteiger partial charge in [0.25, 0.3) is 0 Å². The monoisotopic (exact) mass is 734 g/mol. The molecule has 0 N–H and O–H groups in total. The first-order valence-electron chi connectivity index (χ1n) is 20.1. The van der Waals surface area contributed by atoms with Gasteiger partial charge in [-0.25, -0.2) is 15.0 Å². The highest BCUT2D eigenvalue weighted by Gasteiger charge is 2.39. The van der Waals surface area contributed by atoms with E-state index >= 15 is 0 Å². The molecule has 2 heterocycles. The Bertz CT molecular complexity index is 3240. The van der Waals surface area contributed by atoms with E-state index in [0.29, 0.717) is 17.5 Å². The predicted molar refractivity (Wildman–Crippen MR) is 238 cm³/mol. The van der Waals surface area contributed by atoms with Gasteiger partial charge in [-0.3, -0.25) is 0 Å². The van der Waals surface area contributed by atoms with Gasteiger partial charge < -0.3 is 4.57 Å². The molecule has 57 heavy (non-hydrogen) atoms. The van der Waals surface area contributed by atoms with Gasteiger partial charge in [0, 0.05) is 33.2 Å². The zero-order valence-corrected chi connectivity index (χ0v) is 32.7. The zero-order chi connectivity index (χ0) is 38.5. The second-order valence-electron chi connectivity index (χ2n) is 17.1. The summed E-state index contributed by atoms with van der Waals surface area (Å²) in [5, 5.41) is 9.53. The molecule has 10 aromatic rings. The van der Waals surface area contributed by atoms with Gasteiger partial charge >= 0.3 is 0 Å². The number of benzene rings is 8. The van der Waals surface area contributed by atoms with E-state index in [2.05, 4.69) is 172 Å². The van der Waals surface area contributed by atoms with Crippen LogP contribution in [0.1, 0.15) is 51.7 Å². The lowest BCUT2D eigenvalue weighted by molar-refractivity contribution is 0.334. The molecule has 0 saturated heterocycles. The lowest BCUT2D eigenvalue weighted by Crippen LogP contribution is -2.34. The molecule has 1 aliphatic carbocycles. The van der Waals surface area contributed by atoms with Crippen LogP contribution in [0.5, 0.6) is 0 Å². The van der Waals surface area contributed by atoms with Gasteiger partial charge in [0.1, 0.15) is 0 Å². The lowest BCUT2D eigenvalue weighted by atomic mass is 9.62. The summed E-state index contributed by atoms with van der Waals surface area (Å²) in [7, 11) is 0. The van der Waals surface area contributed by atoms with Gasteiger partial charge in [0.15, 0.2) is 17.5 Å². The summed E-state index contributed by atoms with van der Waals surface area (Å²) in [6.45, 7) is 9.69. The summed E-state index contributed by atoms with van der Waals surface area (Å²) in [5.41, 5.74) is 9.75. The van der Waals surface area contributed by atoms with Crippen molar-refractivity contribution < 1.29 is 0 Å². The maximum Gasteiger partial charge on any atom is 0.164 e. The van der Waals surface area contributed by atoms with Crippen LogP contribution in [0.2, 0.25) is 0 Å². The van der Waals surface area contributed by atoms with E-state index in [4.69, 9.17) is 15.0 Å². The van der Waals surface area contributed by atoms with Crippen molar-refractivity contribution in [3.8, 4) is 39.9 Å². The second kappa shape index (κ2) is 12.4. The fourth-order valence-electron chi connectivity index (χ4n) is 9.64. The van der Waals surface area contributed by atoms with E-state index in [1.165, 1.54) is 50.1 Å². The molecule has 4 heteroatoms. The summed E-state index contributed by atoms with van der Waals surface area (Å²) < 4.78 is 2.53. The average molecular weight is 735 g/mol. The maximum absolute atomic E-state index is 5.31. The maximum atomic E-state index is 5.31. The van der Waals surface area contributed by atoms with Crippen LogP contribution >= 0.6 is 0 Å². The molecular formula is C53H42N4. The third kappa shape index (κ3) is 5.24. The number of rotatable bonds is 4. The Morgan fingerprint density at radius 3 is 1.88 bits per heavy atom. The SMILES string of the molecule is CC1(C)CCC(C)(C)c2c1ccc1c3ccccc3n(-c3ccc4c(-c5nc(-c6ccccc6)nc(-c6cc7ccccc7c7ccccc67)n5)cccc4c3)c21. The van der Waals surface area contributed by atoms with E-state index in [9.17, 15) is 0 Å². The van der Waals surface area contributed by atoms with Crippen LogP contribution in [0.15, 0.2) is 158 Å². The Morgan fingerprint density at radius 2 is 1.05 bits per heavy atom. The van der Waals surface area contributed by atoms with Crippen molar-refractivity contribution in [1.82, 2.24) is 19.5 Å². The van der Waals surface area contributed by atoms with E-state index < -0.39 is 0 Å². The minimum absolute atomic E-state index is 0.0454. The normalized spacial score (nSPS) is 14.8. The number of hydrogen-bond acceptors (Lipinski definition) is 3. The van der Waals surface area contributed by atoms with E-state index in [0.717, 1.165) is 50.3 Å². The van der Waals surface area contributed by atoms with Crippen LogP contribution in [0.3, 0.4) is 0 Å². The van der Waals surface area contributed by atoms with Gasteiger partial charge in [-0.05, 0) is 91.4 Å². The molecule has 0 amide bonds. The van der Waals surface area contributed by atoms with Crippen molar-refractivity contribution >= 4 is 54.1 Å². The number of aromatic nitrogens is 4. The van der Waals surface area contributed by atoms with Gasteiger partial charge in [-0.2, -0.15) is 0 Å². The minimum Gasteiger partial charge on any atom is -0.309 e. The lowest BCUT2D eigenvalue weighted by Gasteiger charge is -2.42. The van der Waals surface area contributed by atoms with Crippen molar-refractivity contribution in [2.24, 2.45) is 0 Å². The van der Waals surface area contributed by atoms with Crippen LogP contribution in [0.25, 0.3) is 94.0 Å². The number of hydrogen-bond donors (Lipinski definition) is 0. The van der Waals surface area contributed by atoms with E-state index in [1.807, 2.05) is 18.2 Å². The summed E-state index contributed by atoms with van der Waals surface area (Å²) in [5.74, 6) is 1.97. The third-order valence-corrected chi connectivity index (χ3v) is 12.7. The summed E-state index contributed by atoms with van der Waals surface area (Å²) in [6, 6.07) is 56.7. The Kier molecular flexibility index (Phi) is 7.34. The van der Waals surface area contributed by atoms with Crippen LogP contribution in [-0.4, -0.2) is 19.5 Å². The highest BCUT2D eigenvalue weighted by Crippen LogP contribution is 2.50. The predicted octanol–water partition coefficient (Wildman–Crippen LogP) is 13.8. The van der Waals surface area contributed by atoms with Crippen LogP contribution < -0.4 is 0 Å². The molecule has 0 unspecified atom stereocenters. The fraction of sp³-hybridized carbons (Fsp3) is 0.151. The molecule has 0 atom stereocenters. The van der Waals surface area contributed by atoms with Crippen molar-refractivity contribution in [1.29, 1.82) is 0 Å². The molecule has 1 aliphatic rings. The highest BCUT2D eigenvalue weighted by molar-refractivity contribution is 6.14. The number of nitrogens with zero attached hydrogens (tertiary/aromatic N) is 4. The fourth-order valence-corrected chi connectivity index (χ4v) is 9.64. The van der Waals surface area contributed by atoms with E-state index in [1.54, 1.807) is 0 Å². The Hall–Kier alpha value is -6.65. The van der Waals surface area contributed by atoms with Crippen LogP contribution in [0.4, 0.5) is 0 Å². The summed E-state index contributed by atoms with van der Waals surface area (Å²) >= 11 is 0. The number of para-hydroxylation sites is 1. The molecular weight excluding hydrogens is 693 g/mol. The molecule has 0 radical (unpaired) electrons. The molecule has 0 bridgehead atoms. The van der Waals surface area contributed by atoms with Crippen molar-refractivity contribution in [3.05, 3.63) is 169 Å². The topological polar surface area (TPSA) is 43.6 Å². The Balaban J connectivity index is 1.14. The quantitative estimate of drug-likeness (QED) is 0.169. The standard InChI is InChI=1S/C53H42N4/c1-52(2)29-30-53(3,4)47-45(52)28-27-42-41-22-12-13-24-46(41)57(48(42)47)36-25-26-38-34(31-36)18-14-23-43(38)50-54-49(33-15-6-5-7-16-33)55-51(56-50)44-32-35-17-8-9-19-37(35)39-20-10-11-21-40(39)44/h5-28,31-32H,29-30H2,1-4H3. The molecule has 2 aromatic heterocycles. The summed E-state index contributed by atoms with van der Waals surface area (Å²) in [6.07, 6.45) is 2.34. The van der Waals surface area contributed by atoms with Crippen molar-refractivity contribution in [2.45, 2.75) is 51.4 Å². The first-order chi connectivity index (χ1) is 27.7.